The summed E-state index contributed by atoms with van der Waals surface area (Å²) in [5.74, 6) is -0.117. The van der Waals surface area contributed by atoms with Gasteiger partial charge in [-0.1, -0.05) is 6.07 Å². The molecule has 0 spiro atoms. The molecule has 0 bridgehead atoms. The topological polar surface area (TPSA) is 67.4 Å². The number of carbonyl (C=O) groups excluding carboxylic acids is 2. The summed E-state index contributed by atoms with van der Waals surface area (Å²) in [5.41, 5.74) is 2.99. The molecule has 0 radical (unpaired) electrons. The number of hydrogen-bond donors (Lipinski definition) is 2. The molecule has 120 valence electrons. The van der Waals surface area contributed by atoms with Gasteiger partial charge in [0.1, 0.15) is 5.60 Å². The van der Waals surface area contributed by atoms with E-state index in [0.717, 1.165) is 18.5 Å². The van der Waals surface area contributed by atoms with E-state index < -0.39 is 11.7 Å². The normalized spacial score (nSPS) is 13.4. The summed E-state index contributed by atoms with van der Waals surface area (Å²) in [7, 11) is 0. The van der Waals surface area contributed by atoms with Gasteiger partial charge in [0, 0.05) is 18.7 Å². The lowest BCUT2D eigenvalue weighted by Gasteiger charge is -2.19. The van der Waals surface area contributed by atoms with Crippen LogP contribution in [0.1, 0.15) is 44.7 Å². The SMILES string of the molecule is CC(C)(C)OC(=O)NCCC(=O)Nc1ccc2c(c1)CCC2. The Hall–Kier alpha value is -2.04. The molecule has 0 saturated carbocycles. The second kappa shape index (κ2) is 6.81. The predicted molar refractivity (Wildman–Crippen MR) is 86.0 cm³/mol. The Labute approximate surface area is 131 Å². The van der Waals surface area contributed by atoms with Gasteiger partial charge in [0.15, 0.2) is 0 Å². The second-order valence-corrected chi connectivity index (χ2v) is 6.56. The molecule has 1 aliphatic rings. The van der Waals surface area contributed by atoms with Gasteiger partial charge in [-0.2, -0.15) is 0 Å². The van der Waals surface area contributed by atoms with Crippen LogP contribution in [0.15, 0.2) is 18.2 Å². The summed E-state index contributed by atoms with van der Waals surface area (Å²) < 4.78 is 5.11. The smallest absolute Gasteiger partial charge is 0.407 e. The minimum Gasteiger partial charge on any atom is -0.444 e. The Morgan fingerprint density at radius 3 is 2.64 bits per heavy atom. The van der Waals surface area contributed by atoms with Crippen LogP contribution in [0.4, 0.5) is 10.5 Å². The van der Waals surface area contributed by atoms with Crippen molar-refractivity contribution in [1.82, 2.24) is 5.32 Å². The van der Waals surface area contributed by atoms with E-state index >= 15 is 0 Å². The molecule has 0 unspecified atom stereocenters. The highest BCUT2D eigenvalue weighted by atomic mass is 16.6. The molecule has 0 heterocycles. The van der Waals surface area contributed by atoms with Gasteiger partial charge in [-0.05, 0) is 63.3 Å². The number of benzene rings is 1. The second-order valence-electron chi connectivity index (χ2n) is 6.56. The number of ether oxygens (including phenoxy) is 1. The molecule has 0 aliphatic heterocycles. The summed E-state index contributed by atoms with van der Waals surface area (Å²) in [5, 5.41) is 5.44. The quantitative estimate of drug-likeness (QED) is 0.898. The van der Waals surface area contributed by atoms with Crippen molar-refractivity contribution >= 4 is 17.7 Å². The number of carbonyl (C=O) groups is 2. The highest BCUT2D eigenvalue weighted by Crippen LogP contribution is 2.24. The Bertz CT molecular complexity index is 562. The lowest BCUT2D eigenvalue weighted by atomic mass is 10.1. The highest BCUT2D eigenvalue weighted by Gasteiger charge is 2.16. The fraction of sp³-hybridized carbons (Fsp3) is 0.529. The zero-order chi connectivity index (χ0) is 16.2. The Morgan fingerprint density at radius 2 is 1.91 bits per heavy atom. The average Bonchev–Trinajstić information content (AvgIpc) is 2.83. The minimum absolute atomic E-state index is 0.117. The minimum atomic E-state index is -0.531. The van der Waals surface area contributed by atoms with Crippen LogP contribution < -0.4 is 10.6 Å². The third kappa shape index (κ3) is 5.06. The van der Waals surface area contributed by atoms with Crippen LogP contribution in [0, 0.1) is 0 Å². The van der Waals surface area contributed by atoms with Crippen molar-refractivity contribution < 1.29 is 14.3 Å². The number of alkyl carbamates (subject to hydrolysis) is 1. The summed E-state index contributed by atoms with van der Waals surface area (Å²) in [6.07, 6.45) is 3.11. The van der Waals surface area contributed by atoms with Gasteiger partial charge in [-0.15, -0.1) is 0 Å². The van der Waals surface area contributed by atoms with Crippen molar-refractivity contribution in [3.8, 4) is 0 Å². The molecule has 2 amide bonds. The molecule has 0 aromatic heterocycles. The lowest BCUT2D eigenvalue weighted by Crippen LogP contribution is -2.34. The van der Waals surface area contributed by atoms with E-state index in [1.54, 1.807) is 20.8 Å². The fourth-order valence-electron chi connectivity index (χ4n) is 2.47. The number of rotatable bonds is 4. The van der Waals surface area contributed by atoms with Gasteiger partial charge < -0.3 is 15.4 Å². The molecular weight excluding hydrogens is 280 g/mol. The molecule has 2 rings (SSSR count). The summed E-state index contributed by atoms with van der Waals surface area (Å²) in [4.78, 5) is 23.3. The van der Waals surface area contributed by atoms with Crippen LogP contribution in [-0.4, -0.2) is 24.1 Å². The van der Waals surface area contributed by atoms with Crippen molar-refractivity contribution in [2.24, 2.45) is 0 Å². The van der Waals surface area contributed by atoms with Crippen LogP contribution in [0.25, 0.3) is 0 Å². The molecule has 0 atom stereocenters. The molecule has 0 fully saturated rings. The van der Waals surface area contributed by atoms with Crippen LogP contribution in [-0.2, 0) is 22.4 Å². The van der Waals surface area contributed by atoms with Crippen molar-refractivity contribution in [3.63, 3.8) is 0 Å². The molecule has 22 heavy (non-hydrogen) atoms. The maximum absolute atomic E-state index is 11.9. The van der Waals surface area contributed by atoms with Crippen LogP contribution in [0.5, 0.6) is 0 Å². The van der Waals surface area contributed by atoms with E-state index in [-0.39, 0.29) is 18.9 Å². The first-order chi connectivity index (χ1) is 10.3. The largest absolute Gasteiger partial charge is 0.444 e. The van der Waals surface area contributed by atoms with Gasteiger partial charge in [0.25, 0.3) is 0 Å². The van der Waals surface area contributed by atoms with Gasteiger partial charge in [-0.3, -0.25) is 4.79 Å². The molecule has 1 aromatic carbocycles. The van der Waals surface area contributed by atoms with E-state index in [9.17, 15) is 9.59 Å². The van der Waals surface area contributed by atoms with Gasteiger partial charge >= 0.3 is 6.09 Å². The molecule has 0 saturated heterocycles. The standard InChI is InChI=1S/C17H24N2O3/c1-17(2,3)22-16(21)18-10-9-15(20)19-14-8-7-12-5-4-6-13(12)11-14/h7-8,11H,4-6,9-10H2,1-3H3,(H,18,21)(H,19,20). The van der Waals surface area contributed by atoms with Crippen molar-refractivity contribution in [2.45, 2.75) is 52.1 Å². The molecule has 1 aromatic rings. The fourth-order valence-corrected chi connectivity index (χ4v) is 2.47. The van der Waals surface area contributed by atoms with Crippen molar-refractivity contribution in [1.29, 1.82) is 0 Å². The molecular formula is C17H24N2O3. The van der Waals surface area contributed by atoms with Crippen LogP contribution >= 0.6 is 0 Å². The molecule has 1 aliphatic carbocycles. The van der Waals surface area contributed by atoms with E-state index in [4.69, 9.17) is 4.74 Å². The lowest BCUT2D eigenvalue weighted by molar-refractivity contribution is -0.116. The summed E-state index contributed by atoms with van der Waals surface area (Å²) in [6.45, 7) is 5.65. The molecule has 5 nitrogen and oxygen atoms in total. The third-order valence-corrected chi connectivity index (χ3v) is 3.40. The summed E-state index contributed by atoms with van der Waals surface area (Å²) in [6, 6.07) is 6.06. The first-order valence-corrected chi connectivity index (χ1v) is 7.72. The molecule has 5 heteroatoms. The Kier molecular flexibility index (Phi) is 5.06. The predicted octanol–water partition coefficient (Wildman–Crippen LogP) is 3.03. The van der Waals surface area contributed by atoms with Gasteiger partial charge in [0.05, 0.1) is 0 Å². The first-order valence-electron chi connectivity index (χ1n) is 7.72. The van der Waals surface area contributed by atoms with E-state index in [0.29, 0.717) is 0 Å². The highest BCUT2D eigenvalue weighted by molar-refractivity contribution is 5.91. The monoisotopic (exact) mass is 304 g/mol. The summed E-state index contributed by atoms with van der Waals surface area (Å²) >= 11 is 0. The van der Waals surface area contributed by atoms with Gasteiger partial charge in [-0.25, -0.2) is 4.79 Å². The number of nitrogens with one attached hydrogen (secondary N) is 2. The zero-order valence-corrected chi connectivity index (χ0v) is 13.5. The number of aryl methyl sites for hydroxylation is 2. The number of anilines is 1. The maximum atomic E-state index is 11.9. The van der Waals surface area contributed by atoms with Crippen molar-refractivity contribution in [2.75, 3.05) is 11.9 Å². The van der Waals surface area contributed by atoms with Crippen LogP contribution in [0.3, 0.4) is 0 Å². The van der Waals surface area contributed by atoms with Crippen LogP contribution in [0.2, 0.25) is 0 Å². The van der Waals surface area contributed by atoms with E-state index in [1.165, 1.54) is 17.5 Å². The van der Waals surface area contributed by atoms with E-state index in [2.05, 4.69) is 16.7 Å². The number of amides is 2. The Balaban J connectivity index is 1.73. The maximum Gasteiger partial charge on any atom is 0.407 e. The van der Waals surface area contributed by atoms with Crippen molar-refractivity contribution in [3.05, 3.63) is 29.3 Å². The first kappa shape index (κ1) is 16.3. The number of fused-ring (bicyclic) bond motifs is 1. The van der Waals surface area contributed by atoms with Gasteiger partial charge in [0.2, 0.25) is 5.91 Å². The molecule has 2 N–H and O–H groups in total. The Morgan fingerprint density at radius 1 is 1.18 bits per heavy atom. The van der Waals surface area contributed by atoms with E-state index in [1.807, 2.05) is 12.1 Å². The third-order valence-electron chi connectivity index (χ3n) is 3.40. The zero-order valence-electron chi connectivity index (χ0n) is 13.5. The number of hydrogen-bond acceptors (Lipinski definition) is 3. The average molecular weight is 304 g/mol.